The van der Waals surface area contributed by atoms with Crippen LogP contribution in [0.3, 0.4) is 0 Å². The Hall–Kier alpha value is -2.74. The smallest absolute Gasteiger partial charge is 0.272 e. The summed E-state index contributed by atoms with van der Waals surface area (Å²) in [5.41, 5.74) is 0.914. The van der Waals surface area contributed by atoms with Crippen LogP contribution in [0.2, 0.25) is 0 Å². The molecule has 1 fully saturated rings. The first-order valence-corrected chi connectivity index (χ1v) is 8.30. The van der Waals surface area contributed by atoms with Crippen molar-refractivity contribution in [2.24, 2.45) is 5.92 Å². The molecule has 0 saturated heterocycles. The number of aliphatic hydroxyl groups is 1. The molecular weight excluding hydrogens is 324 g/mol. The van der Waals surface area contributed by atoms with Crippen molar-refractivity contribution >= 4 is 11.6 Å². The molecule has 1 aliphatic rings. The summed E-state index contributed by atoms with van der Waals surface area (Å²) in [6, 6.07) is 7.52. The number of amides is 1. The van der Waals surface area contributed by atoms with Crippen LogP contribution in [-0.2, 0) is 0 Å². The van der Waals surface area contributed by atoms with Gasteiger partial charge in [-0.15, -0.1) is 0 Å². The summed E-state index contributed by atoms with van der Waals surface area (Å²) in [5.74, 6) is -0.180. The van der Waals surface area contributed by atoms with Crippen LogP contribution >= 0.6 is 0 Å². The number of benzene rings is 1. The minimum atomic E-state index is -0.465. The van der Waals surface area contributed by atoms with Gasteiger partial charge in [0.15, 0.2) is 5.69 Å². The molecule has 2 N–H and O–H groups in total. The van der Waals surface area contributed by atoms with E-state index in [4.69, 9.17) is 0 Å². The highest BCUT2D eigenvalue weighted by Crippen LogP contribution is 2.24. The number of aliphatic hydroxyl groups excluding tert-OH is 1. The first kappa shape index (κ1) is 17.1. The zero-order valence-electron chi connectivity index (χ0n) is 13.7. The number of nitrogens with one attached hydrogen (secondary N) is 1. The number of nitro benzene ring substituents is 1. The van der Waals surface area contributed by atoms with Gasteiger partial charge < -0.3 is 10.4 Å². The Morgan fingerprint density at radius 2 is 2.00 bits per heavy atom. The maximum Gasteiger partial charge on any atom is 0.272 e. The van der Waals surface area contributed by atoms with Crippen molar-refractivity contribution in [2.45, 2.75) is 31.7 Å². The molecule has 1 aliphatic carbocycles. The summed E-state index contributed by atoms with van der Waals surface area (Å²) in [7, 11) is 0. The number of nitrogens with zero attached hydrogens (tertiary/aromatic N) is 3. The van der Waals surface area contributed by atoms with E-state index >= 15 is 0 Å². The second-order valence-electron chi connectivity index (χ2n) is 6.23. The van der Waals surface area contributed by atoms with Crippen molar-refractivity contribution in [1.82, 2.24) is 15.1 Å². The van der Waals surface area contributed by atoms with Gasteiger partial charge in [0, 0.05) is 36.9 Å². The molecule has 1 heterocycles. The fourth-order valence-corrected chi connectivity index (χ4v) is 3.17. The summed E-state index contributed by atoms with van der Waals surface area (Å²) < 4.78 is 1.50. The molecule has 3 rings (SSSR count). The summed E-state index contributed by atoms with van der Waals surface area (Å²) in [6.45, 7) is 0.0716. The zero-order chi connectivity index (χ0) is 17.8. The predicted octanol–water partition coefficient (Wildman–Crippen LogP) is 2.06. The number of hydrogen-bond donors (Lipinski definition) is 2. The molecule has 8 heteroatoms. The quantitative estimate of drug-likeness (QED) is 0.637. The molecule has 0 bridgehead atoms. The maximum absolute atomic E-state index is 12.4. The molecule has 8 nitrogen and oxygen atoms in total. The predicted molar refractivity (Wildman–Crippen MR) is 90.5 cm³/mol. The third kappa shape index (κ3) is 3.85. The Kier molecular flexibility index (Phi) is 5.08. The van der Waals surface area contributed by atoms with Crippen molar-refractivity contribution in [3.05, 3.63) is 52.3 Å². The number of nitro groups is 1. The molecule has 0 radical (unpaired) electrons. The number of non-ortho nitro benzene ring substituents is 1. The van der Waals surface area contributed by atoms with E-state index in [1.54, 1.807) is 24.4 Å². The van der Waals surface area contributed by atoms with Crippen LogP contribution in [0.1, 0.15) is 36.2 Å². The topological polar surface area (TPSA) is 110 Å². The van der Waals surface area contributed by atoms with Gasteiger partial charge in [-0.1, -0.05) is 12.8 Å². The van der Waals surface area contributed by atoms with Crippen LogP contribution in [0.25, 0.3) is 5.69 Å². The van der Waals surface area contributed by atoms with Gasteiger partial charge >= 0.3 is 0 Å². The molecule has 0 spiro atoms. The fourth-order valence-electron chi connectivity index (χ4n) is 3.17. The van der Waals surface area contributed by atoms with Crippen molar-refractivity contribution < 1.29 is 14.8 Å². The zero-order valence-corrected chi connectivity index (χ0v) is 13.7. The molecule has 1 aromatic heterocycles. The first-order valence-electron chi connectivity index (χ1n) is 8.30. The van der Waals surface area contributed by atoms with E-state index in [2.05, 4.69) is 10.4 Å². The molecule has 1 amide bonds. The van der Waals surface area contributed by atoms with E-state index in [0.29, 0.717) is 5.69 Å². The molecule has 2 aromatic rings. The summed E-state index contributed by atoms with van der Waals surface area (Å²) in [6.07, 6.45) is 5.53. The first-order chi connectivity index (χ1) is 12.1. The van der Waals surface area contributed by atoms with E-state index in [1.165, 1.54) is 16.8 Å². The van der Waals surface area contributed by atoms with Crippen LogP contribution in [0.15, 0.2) is 36.5 Å². The van der Waals surface area contributed by atoms with Crippen molar-refractivity contribution in [3.63, 3.8) is 0 Å². The maximum atomic E-state index is 12.4. The number of rotatable bonds is 5. The van der Waals surface area contributed by atoms with Crippen molar-refractivity contribution in [2.75, 3.05) is 6.61 Å². The standard InChI is InChI=1S/C17H20N4O4/c22-11-12-3-1-2-4-15(12)18-17(23)16-9-10-20(19-16)13-5-7-14(8-6-13)21(24)25/h5-10,12,15,22H,1-4,11H2,(H,18,23). The Balaban J connectivity index is 1.70. The number of aromatic nitrogens is 2. The Bertz CT molecular complexity index is 756. The van der Waals surface area contributed by atoms with Crippen LogP contribution in [0.4, 0.5) is 5.69 Å². The van der Waals surface area contributed by atoms with Crippen molar-refractivity contribution in [1.29, 1.82) is 0 Å². The van der Waals surface area contributed by atoms with Crippen LogP contribution in [0, 0.1) is 16.0 Å². The van der Waals surface area contributed by atoms with Gasteiger partial charge in [0.25, 0.3) is 11.6 Å². The van der Waals surface area contributed by atoms with E-state index in [0.717, 1.165) is 25.7 Å². The number of hydrogen-bond acceptors (Lipinski definition) is 5. The molecule has 25 heavy (non-hydrogen) atoms. The van der Waals surface area contributed by atoms with Crippen LogP contribution in [0.5, 0.6) is 0 Å². The third-order valence-corrected chi connectivity index (χ3v) is 4.61. The lowest BCUT2D eigenvalue weighted by molar-refractivity contribution is -0.384. The van der Waals surface area contributed by atoms with Gasteiger partial charge in [-0.3, -0.25) is 14.9 Å². The van der Waals surface area contributed by atoms with Gasteiger partial charge in [-0.25, -0.2) is 4.68 Å². The lowest BCUT2D eigenvalue weighted by Gasteiger charge is -2.30. The minimum Gasteiger partial charge on any atom is -0.396 e. The van der Waals surface area contributed by atoms with E-state index < -0.39 is 4.92 Å². The largest absolute Gasteiger partial charge is 0.396 e. The average molecular weight is 344 g/mol. The van der Waals surface area contributed by atoms with Gasteiger partial charge in [0.05, 0.1) is 10.6 Å². The van der Waals surface area contributed by atoms with Crippen molar-refractivity contribution in [3.8, 4) is 5.69 Å². The SMILES string of the molecule is O=C(NC1CCCCC1CO)c1ccn(-c2ccc([N+](=O)[O-])cc2)n1. The highest BCUT2D eigenvalue weighted by atomic mass is 16.6. The lowest BCUT2D eigenvalue weighted by Crippen LogP contribution is -2.43. The second-order valence-corrected chi connectivity index (χ2v) is 6.23. The minimum absolute atomic E-state index is 0.00113. The number of carbonyl (C=O) groups excluding carboxylic acids is 1. The molecule has 132 valence electrons. The normalized spacial score (nSPS) is 20.2. The van der Waals surface area contributed by atoms with E-state index in [-0.39, 0.29) is 35.9 Å². The van der Waals surface area contributed by atoms with Gasteiger partial charge in [0.2, 0.25) is 0 Å². The molecule has 2 unspecified atom stereocenters. The summed E-state index contributed by atoms with van der Waals surface area (Å²) in [5, 5.41) is 27.3. The number of carbonyl (C=O) groups is 1. The Morgan fingerprint density at radius 3 is 2.68 bits per heavy atom. The fraction of sp³-hybridized carbons (Fsp3) is 0.412. The molecule has 1 aromatic carbocycles. The summed E-state index contributed by atoms with van der Waals surface area (Å²) >= 11 is 0. The Labute approximate surface area is 144 Å². The highest BCUT2D eigenvalue weighted by molar-refractivity contribution is 5.92. The van der Waals surface area contributed by atoms with E-state index in [9.17, 15) is 20.0 Å². The molecule has 0 aliphatic heterocycles. The van der Waals surface area contributed by atoms with Crippen LogP contribution in [-0.4, -0.2) is 38.4 Å². The van der Waals surface area contributed by atoms with E-state index in [1.807, 2.05) is 0 Å². The second kappa shape index (κ2) is 7.43. The average Bonchev–Trinajstić information content (AvgIpc) is 3.12. The van der Waals surface area contributed by atoms with Gasteiger partial charge in [-0.05, 0) is 31.0 Å². The monoisotopic (exact) mass is 344 g/mol. The molecule has 1 saturated carbocycles. The van der Waals surface area contributed by atoms with Gasteiger partial charge in [0.1, 0.15) is 0 Å². The van der Waals surface area contributed by atoms with Gasteiger partial charge in [-0.2, -0.15) is 5.10 Å². The lowest BCUT2D eigenvalue weighted by atomic mass is 9.85. The summed E-state index contributed by atoms with van der Waals surface area (Å²) in [4.78, 5) is 22.6. The highest BCUT2D eigenvalue weighted by Gasteiger charge is 2.26. The molecule has 2 atom stereocenters. The molecular formula is C17H20N4O4. The van der Waals surface area contributed by atoms with Crippen LogP contribution < -0.4 is 5.32 Å². The Morgan fingerprint density at radius 1 is 1.28 bits per heavy atom. The third-order valence-electron chi connectivity index (χ3n) is 4.61.